The molecule has 0 aliphatic rings. The van der Waals surface area contributed by atoms with Crippen LogP contribution in [0.5, 0.6) is 0 Å². The van der Waals surface area contributed by atoms with Crippen molar-refractivity contribution in [2.45, 2.75) is 40.0 Å². The highest BCUT2D eigenvalue weighted by atomic mass is 15.2. The third-order valence-electron chi connectivity index (χ3n) is 2.34. The highest BCUT2D eigenvalue weighted by molar-refractivity contribution is 5.86. The number of aryl methyl sites for hydroxylation is 1. The van der Waals surface area contributed by atoms with Crippen LogP contribution in [-0.2, 0) is 6.42 Å². The number of hydrogen-bond donors (Lipinski definition) is 0. The highest BCUT2D eigenvalue weighted by Gasteiger charge is 2.01. The van der Waals surface area contributed by atoms with Crippen LogP contribution in [0.3, 0.4) is 0 Å². The molecule has 0 bridgehead atoms. The predicted octanol–water partition coefficient (Wildman–Crippen LogP) is 3.78. The van der Waals surface area contributed by atoms with Crippen molar-refractivity contribution >= 4 is 11.9 Å². The first-order valence-electron chi connectivity index (χ1n) is 5.85. The number of hydrogen-bond acceptors (Lipinski definition) is 2. The number of rotatable bonds is 5. The van der Waals surface area contributed by atoms with Gasteiger partial charge in [0.2, 0.25) is 0 Å². The van der Waals surface area contributed by atoms with Crippen molar-refractivity contribution in [1.29, 1.82) is 0 Å². The SMILES string of the molecule is C/C=N\N=C(/CCC)Cc1cccc(C)c1. The Labute approximate surface area is 98.1 Å². The van der Waals surface area contributed by atoms with E-state index in [-0.39, 0.29) is 0 Å². The molecule has 0 heterocycles. The quantitative estimate of drug-likeness (QED) is 0.528. The van der Waals surface area contributed by atoms with Crippen LogP contribution in [-0.4, -0.2) is 11.9 Å². The van der Waals surface area contributed by atoms with E-state index in [1.165, 1.54) is 11.1 Å². The maximum atomic E-state index is 4.24. The van der Waals surface area contributed by atoms with Crippen LogP contribution in [0.15, 0.2) is 34.5 Å². The van der Waals surface area contributed by atoms with Crippen LogP contribution >= 0.6 is 0 Å². The summed E-state index contributed by atoms with van der Waals surface area (Å²) in [5, 5.41) is 8.22. The van der Waals surface area contributed by atoms with E-state index < -0.39 is 0 Å². The lowest BCUT2D eigenvalue weighted by Gasteiger charge is -2.04. The van der Waals surface area contributed by atoms with Gasteiger partial charge in [0.05, 0.1) is 0 Å². The molecule has 0 saturated carbocycles. The molecular formula is C14H20N2. The Kier molecular flexibility index (Phi) is 5.48. The lowest BCUT2D eigenvalue weighted by atomic mass is 10.0. The second-order valence-electron chi connectivity index (χ2n) is 3.96. The Bertz CT molecular complexity index is 378. The Morgan fingerprint density at radius 3 is 2.81 bits per heavy atom. The van der Waals surface area contributed by atoms with Gasteiger partial charge in [-0.1, -0.05) is 43.2 Å². The molecule has 1 aromatic rings. The average Bonchev–Trinajstić information content (AvgIpc) is 2.26. The number of benzene rings is 1. The average molecular weight is 216 g/mol. The van der Waals surface area contributed by atoms with Crippen LogP contribution in [0.4, 0.5) is 0 Å². The van der Waals surface area contributed by atoms with Gasteiger partial charge in [0.1, 0.15) is 0 Å². The van der Waals surface area contributed by atoms with E-state index in [2.05, 4.69) is 48.3 Å². The first-order chi connectivity index (χ1) is 7.76. The van der Waals surface area contributed by atoms with Gasteiger partial charge in [-0.2, -0.15) is 10.2 Å². The summed E-state index contributed by atoms with van der Waals surface area (Å²) >= 11 is 0. The molecule has 0 aliphatic carbocycles. The molecule has 2 nitrogen and oxygen atoms in total. The zero-order valence-electron chi connectivity index (χ0n) is 10.4. The first-order valence-corrected chi connectivity index (χ1v) is 5.85. The van der Waals surface area contributed by atoms with Gasteiger partial charge in [-0.15, -0.1) is 0 Å². The fraction of sp³-hybridized carbons (Fsp3) is 0.429. The molecule has 0 fully saturated rings. The molecule has 1 aromatic carbocycles. The Hall–Kier alpha value is -1.44. The molecule has 0 radical (unpaired) electrons. The Morgan fingerprint density at radius 2 is 2.19 bits per heavy atom. The van der Waals surface area contributed by atoms with Gasteiger partial charge in [-0.3, -0.25) is 0 Å². The van der Waals surface area contributed by atoms with Crippen molar-refractivity contribution in [1.82, 2.24) is 0 Å². The van der Waals surface area contributed by atoms with E-state index in [9.17, 15) is 0 Å². The van der Waals surface area contributed by atoms with Crippen LogP contribution in [0, 0.1) is 6.92 Å². The summed E-state index contributed by atoms with van der Waals surface area (Å²) in [4.78, 5) is 0. The van der Waals surface area contributed by atoms with E-state index in [1.807, 2.05) is 6.92 Å². The van der Waals surface area contributed by atoms with Gasteiger partial charge in [-0.25, -0.2) is 0 Å². The Morgan fingerprint density at radius 1 is 1.38 bits per heavy atom. The van der Waals surface area contributed by atoms with E-state index in [1.54, 1.807) is 6.21 Å². The lowest BCUT2D eigenvalue weighted by molar-refractivity contribution is 0.960. The van der Waals surface area contributed by atoms with Gasteiger partial charge < -0.3 is 0 Å². The second-order valence-corrected chi connectivity index (χ2v) is 3.96. The van der Waals surface area contributed by atoms with E-state index in [0.717, 1.165) is 25.0 Å². The van der Waals surface area contributed by atoms with Crippen LogP contribution in [0.2, 0.25) is 0 Å². The molecular weight excluding hydrogens is 196 g/mol. The second kappa shape index (κ2) is 6.94. The topological polar surface area (TPSA) is 24.7 Å². The van der Waals surface area contributed by atoms with Crippen molar-refractivity contribution in [2.24, 2.45) is 10.2 Å². The summed E-state index contributed by atoms with van der Waals surface area (Å²) in [6, 6.07) is 8.57. The van der Waals surface area contributed by atoms with Crippen LogP contribution < -0.4 is 0 Å². The summed E-state index contributed by atoms with van der Waals surface area (Å²) in [5.74, 6) is 0. The summed E-state index contributed by atoms with van der Waals surface area (Å²) in [6.07, 6.45) is 4.77. The minimum Gasteiger partial charge on any atom is -0.164 e. The van der Waals surface area contributed by atoms with Crippen molar-refractivity contribution < 1.29 is 0 Å². The summed E-state index contributed by atoms with van der Waals surface area (Å²) in [5.41, 5.74) is 3.78. The molecule has 0 aliphatic heterocycles. The largest absolute Gasteiger partial charge is 0.164 e. The first kappa shape index (κ1) is 12.6. The third-order valence-corrected chi connectivity index (χ3v) is 2.34. The van der Waals surface area contributed by atoms with Gasteiger partial charge >= 0.3 is 0 Å². The van der Waals surface area contributed by atoms with Crippen molar-refractivity contribution in [3.63, 3.8) is 0 Å². The maximum Gasteiger partial charge on any atom is 0.0449 e. The van der Waals surface area contributed by atoms with Gasteiger partial charge in [-0.05, 0) is 25.8 Å². The van der Waals surface area contributed by atoms with E-state index >= 15 is 0 Å². The smallest absolute Gasteiger partial charge is 0.0449 e. The summed E-state index contributed by atoms with van der Waals surface area (Å²) < 4.78 is 0. The molecule has 0 atom stereocenters. The molecule has 2 heteroatoms. The fourth-order valence-electron chi connectivity index (χ4n) is 1.66. The summed E-state index contributed by atoms with van der Waals surface area (Å²) in [7, 11) is 0. The van der Waals surface area contributed by atoms with Crippen molar-refractivity contribution in [2.75, 3.05) is 0 Å². The molecule has 0 amide bonds. The van der Waals surface area contributed by atoms with Crippen LogP contribution in [0.25, 0.3) is 0 Å². The zero-order valence-corrected chi connectivity index (χ0v) is 10.4. The van der Waals surface area contributed by atoms with Gasteiger partial charge in [0.15, 0.2) is 0 Å². The predicted molar refractivity (Wildman–Crippen MR) is 71.4 cm³/mol. The third kappa shape index (κ3) is 4.39. The molecule has 86 valence electrons. The van der Waals surface area contributed by atoms with Crippen molar-refractivity contribution in [3.05, 3.63) is 35.4 Å². The highest BCUT2D eigenvalue weighted by Crippen LogP contribution is 2.08. The molecule has 16 heavy (non-hydrogen) atoms. The molecule has 0 unspecified atom stereocenters. The zero-order chi connectivity index (χ0) is 11.8. The minimum atomic E-state index is 0.910. The fourth-order valence-corrected chi connectivity index (χ4v) is 1.66. The maximum absolute atomic E-state index is 4.24. The monoisotopic (exact) mass is 216 g/mol. The molecule has 0 saturated heterocycles. The molecule has 0 spiro atoms. The standard InChI is InChI=1S/C14H20N2/c1-4-7-14(16-15-5-2)11-13-9-6-8-12(3)10-13/h5-6,8-10H,4,7,11H2,1-3H3/b15-5-,16-14+. The summed E-state index contributed by atoms with van der Waals surface area (Å²) in [6.45, 7) is 6.17. The van der Waals surface area contributed by atoms with Crippen LogP contribution in [0.1, 0.15) is 37.8 Å². The van der Waals surface area contributed by atoms with Gasteiger partial charge in [0, 0.05) is 18.3 Å². The molecule has 1 rings (SSSR count). The Balaban J connectivity index is 2.75. The van der Waals surface area contributed by atoms with Gasteiger partial charge in [0.25, 0.3) is 0 Å². The minimum absolute atomic E-state index is 0.910. The normalized spacial score (nSPS) is 12.3. The molecule has 0 N–H and O–H groups in total. The number of nitrogens with zero attached hydrogens (tertiary/aromatic N) is 2. The van der Waals surface area contributed by atoms with E-state index in [0.29, 0.717) is 0 Å². The lowest BCUT2D eigenvalue weighted by Crippen LogP contribution is -2.02. The van der Waals surface area contributed by atoms with Crippen molar-refractivity contribution in [3.8, 4) is 0 Å². The van der Waals surface area contributed by atoms with E-state index in [4.69, 9.17) is 0 Å². The molecule has 0 aromatic heterocycles.